The molecule has 0 radical (unpaired) electrons. The van der Waals surface area contributed by atoms with Crippen molar-refractivity contribution in [2.24, 2.45) is 0 Å². The van der Waals surface area contributed by atoms with Crippen LogP contribution < -0.4 is 10.6 Å². The lowest BCUT2D eigenvalue weighted by Gasteiger charge is -2.23. The highest BCUT2D eigenvalue weighted by Crippen LogP contribution is 2.22. The highest BCUT2D eigenvalue weighted by molar-refractivity contribution is 5.54. The zero-order valence-electron chi connectivity index (χ0n) is 11.7. The van der Waals surface area contributed by atoms with E-state index in [0.717, 1.165) is 31.6 Å². The molecule has 6 heteroatoms. The molecular weight excluding hydrogens is 258 g/mol. The van der Waals surface area contributed by atoms with Gasteiger partial charge in [0, 0.05) is 23.9 Å². The van der Waals surface area contributed by atoms with E-state index >= 15 is 0 Å². The molecule has 1 aromatic rings. The topological polar surface area (TPSA) is 76.4 Å². The predicted molar refractivity (Wildman–Crippen MR) is 78.2 cm³/mol. The lowest BCUT2D eigenvalue weighted by Crippen LogP contribution is -2.33. The molecular formula is C14H21N3O3. The van der Waals surface area contributed by atoms with Gasteiger partial charge >= 0.3 is 0 Å². The van der Waals surface area contributed by atoms with E-state index in [1.54, 1.807) is 19.1 Å². The van der Waals surface area contributed by atoms with E-state index in [1.807, 2.05) is 6.07 Å². The van der Waals surface area contributed by atoms with E-state index in [9.17, 15) is 10.1 Å². The number of nitro groups is 1. The van der Waals surface area contributed by atoms with Gasteiger partial charge in [0.15, 0.2) is 0 Å². The molecule has 2 N–H and O–H groups in total. The van der Waals surface area contributed by atoms with Gasteiger partial charge in [-0.3, -0.25) is 10.1 Å². The summed E-state index contributed by atoms with van der Waals surface area (Å²) in [6.45, 7) is 5.04. The number of nitro benzene ring substituents is 1. The third-order valence-corrected chi connectivity index (χ3v) is 3.48. The molecule has 0 aliphatic carbocycles. The molecule has 1 aliphatic rings. The van der Waals surface area contributed by atoms with Crippen LogP contribution in [0, 0.1) is 17.0 Å². The molecule has 1 heterocycles. The van der Waals surface area contributed by atoms with Gasteiger partial charge in [-0.05, 0) is 38.9 Å². The van der Waals surface area contributed by atoms with Crippen LogP contribution in [0.5, 0.6) is 0 Å². The predicted octanol–water partition coefficient (Wildman–Crippen LogP) is 2.08. The summed E-state index contributed by atoms with van der Waals surface area (Å²) in [7, 11) is 0. The lowest BCUT2D eigenvalue weighted by atomic mass is 10.1. The molecule has 0 spiro atoms. The van der Waals surface area contributed by atoms with Crippen LogP contribution in [0.4, 0.5) is 11.4 Å². The van der Waals surface area contributed by atoms with Gasteiger partial charge in [0.2, 0.25) is 0 Å². The third kappa shape index (κ3) is 4.18. The minimum atomic E-state index is -0.355. The molecule has 2 rings (SSSR count). The number of rotatable bonds is 6. The molecule has 1 saturated heterocycles. The van der Waals surface area contributed by atoms with E-state index in [-0.39, 0.29) is 10.6 Å². The Labute approximate surface area is 118 Å². The standard InChI is InChI=1S/C14H21N3O3/c1-11-2-3-12(10-14(11)17(18)19)16-8-9-20-13-4-6-15-7-5-13/h2-3,10,13,15-16H,4-9H2,1H3. The Balaban J connectivity index is 1.76. The smallest absolute Gasteiger partial charge is 0.274 e. The summed E-state index contributed by atoms with van der Waals surface area (Å²) in [4.78, 5) is 10.5. The molecule has 1 aromatic carbocycles. The second kappa shape index (κ2) is 7.21. The quantitative estimate of drug-likeness (QED) is 0.473. The molecule has 1 fully saturated rings. The van der Waals surface area contributed by atoms with Crippen molar-refractivity contribution in [3.05, 3.63) is 33.9 Å². The monoisotopic (exact) mass is 279 g/mol. The van der Waals surface area contributed by atoms with Crippen molar-refractivity contribution in [2.45, 2.75) is 25.9 Å². The number of piperidine rings is 1. The van der Waals surface area contributed by atoms with Crippen molar-refractivity contribution >= 4 is 11.4 Å². The van der Waals surface area contributed by atoms with Crippen LogP contribution in [0.3, 0.4) is 0 Å². The average Bonchev–Trinajstić information content (AvgIpc) is 2.46. The fourth-order valence-electron chi connectivity index (χ4n) is 2.30. The van der Waals surface area contributed by atoms with Gasteiger partial charge in [-0.25, -0.2) is 0 Å². The first kappa shape index (κ1) is 14.7. The van der Waals surface area contributed by atoms with Crippen molar-refractivity contribution < 1.29 is 9.66 Å². The summed E-state index contributed by atoms with van der Waals surface area (Å²) in [6, 6.07) is 5.18. The van der Waals surface area contributed by atoms with Gasteiger partial charge in [0.1, 0.15) is 0 Å². The minimum absolute atomic E-state index is 0.147. The summed E-state index contributed by atoms with van der Waals surface area (Å²) in [5.41, 5.74) is 1.58. The largest absolute Gasteiger partial charge is 0.383 e. The highest BCUT2D eigenvalue weighted by atomic mass is 16.6. The zero-order chi connectivity index (χ0) is 14.4. The van der Waals surface area contributed by atoms with Gasteiger partial charge in [-0.15, -0.1) is 0 Å². The summed E-state index contributed by atoms with van der Waals surface area (Å²) >= 11 is 0. The molecule has 0 atom stereocenters. The summed E-state index contributed by atoms with van der Waals surface area (Å²) < 4.78 is 5.77. The Morgan fingerprint density at radius 2 is 2.20 bits per heavy atom. The number of hydrogen-bond acceptors (Lipinski definition) is 5. The van der Waals surface area contributed by atoms with Crippen molar-refractivity contribution in [3.8, 4) is 0 Å². The van der Waals surface area contributed by atoms with Crippen LogP contribution in [-0.4, -0.2) is 37.3 Å². The molecule has 6 nitrogen and oxygen atoms in total. The van der Waals surface area contributed by atoms with Gasteiger partial charge in [-0.1, -0.05) is 6.07 Å². The summed E-state index contributed by atoms with van der Waals surface area (Å²) in [5, 5.41) is 17.3. The molecule has 0 bridgehead atoms. The molecule has 1 aliphatic heterocycles. The fraction of sp³-hybridized carbons (Fsp3) is 0.571. The van der Waals surface area contributed by atoms with Gasteiger partial charge in [0.05, 0.1) is 17.6 Å². The number of ether oxygens (including phenoxy) is 1. The molecule has 0 unspecified atom stereocenters. The van der Waals surface area contributed by atoms with E-state index in [1.165, 1.54) is 0 Å². The second-order valence-corrected chi connectivity index (χ2v) is 5.01. The lowest BCUT2D eigenvalue weighted by molar-refractivity contribution is -0.385. The Morgan fingerprint density at radius 1 is 1.45 bits per heavy atom. The van der Waals surface area contributed by atoms with Crippen molar-refractivity contribution in [1.29, 1.82) is 0 Å². The molecule has 110 valence electrons. The van der Waals surface area contributed by atoms with E-state index in [4.69, 9.17) is 4.74 Å². The number of aryl methyl sites for hydroxylation is 1. The SMILES string of the molecule is Cc1ccc(NCCOC2CCNCC2)cc1[N+](=O)[O-]. The van der Waals surface area contributed by atoms with Crippen LogP contribution in [0.2, 0.25) is 0 Å². The fourth-order valence-corrected chi connectivity index (χ4v) is 2.30. The van der Waals surface area contributed by atoms with Crippen LogP contribution >= 0.6 is 0 Å². The van der Waals surface area contributed by atoms with Crippen molar-refractivity contribution in [1.82, 2.24) is 5.32 Å². The summed E-state index contributed by atoms with van der Waals surface area (Å²) in [5.74, 6) is 0. The number of benzene rings is 1. The van der Waals surface area contributed by atoms with Crippen LogP contribution in [0.25, 0.3) is 0 Å². The van der Waals surface area contributed by atoms with Crippen LogP contribution in [-0.2, 0) is 4.74 Å². The number of hydrogen-bond donors (Lipinski definition) is 2. The Kier molecular flexibility index (Phi) is 5.31. The maximum atomic E-state index is 10.9. The van der Waals surface area contributed by atoms with E-state index in [2.05, 4.69) is 10.6 Å². The van der Waals surface area contributed by atoms with Crippen LogP contribution in [0.15, 0.2) is 18.2 Å². The third-order valence-electron chi connectivity index (χ3n) is 3.48. The van der Waals surface area contributed by atoms with Gasteiger partial charge in [0.25, 0.3) is 5.69 Å². The van der Waals surface area contributed by atoms with Crippen LogP contribution in [0.1, 0.15) is 18.4 Å². The zero-order valence-corrected chi connectivity index (χ0v) is 11.7. The Bertz CT molecular complexity index is 459. The maximum absolute atomic E-state index is 10.9. The molecule has 0 saturated carbocycles. The first-order valence-electron chi connectivity index (χ1n) is 6.98. The van der Waals surface area contributed by atoms with Crippen molar-refractivity contribution in [3.63, 3.8) is 0 Å². The summed E-state index contributed by atoms with van der Waals surface area (Å²) in [6.07, 6.45) is 2.44. The first-order chi connectivity index (χ1) is 9.66. The Hall–Kier alpha value is -1.66. The number of anilines is 1. The minimum Gasteiger partial charge on any atom is -0.383 e. The van der Waals surface area contributed by atoms with E-state index in [0.29, 0.717) is 24.8 Å². The number of nitrogens with zero attached hydrogens (tertiary/aromatic N) is 1. The number of nitrogens with one attached hydrogen (secondary N) is 2. The second-order valence-electron chi connectivity index (χ2n) is 5.01. The molecule has 20 heavy (non-hydrogen) atoms. The maximum Gasteiger partial charge on any atom is 0.274 e. The average molecular weight is 279 g/mol. The van der Waals surface area contributed by atoms with Gasteiger partial charge < -0.3 is 15.4 Å². The first-order valence-corrected chi connectivity index (χ1v) is 6.98. The van der Waals surface area contributed by atoms with E-state index < -0.39 is 0 Å². The Morgan fingerprint density at radius 3 is 2.90 bits per heavy atom. The normalized spacial score (nSPS) is 16.1. The van der Waals surface area contributed by atoms with Gasteiger partial charge in [-0.2, -0.15) is 0 Å². The highest BCUT2D eigenvalue weighted by Gasteiger charge is 2.13. The molecule has 0 aromatic heterocycles. The molecule has 0 amide bonds. The van der Waals surface area contributed by atoms with Crippen molar-refractivity contribution in [2.75, 3.05) is 31.6 Å².